The monoisotopic (exact) mass is 438 g/mol. The molecule has 30 heavy (non-hydrogen) atoms. The van der Waals surface area contributed by atoms with E-state index in [1.165, 1.54) is 26.4 Å². The van der Waals surface area contributed by atoms with Gasteiger partial charge in [0.2, 0.25) is 5.91 Å². The summed E-state index contributed by atoms with van der Waals surface area (Å²) in [5, 5.41) is 0.357. The number of carbonyl (C=O) groups excluding carboxylic acids is 1. The molecular weight excluding hydrogens is 414 g/mol. The molecule has 162 valence electrons. The van der Waals surface area contributed by atoms with Crippen molar-refractivity contribution in [1.82, 2.24) is 9.80 Å². The second-order valence-corrected chi connectivity index (χ2v) is 7.29. The number of hydrogen-bond donors (Lipinski definition) is 0. The van der Waals surface area contributed by atoms with E-state index in [0.29, 0.717) is 40.7 Å². The average Bonchev–Trinajstić information content (AvgIpc) is 2.71. The first-order chi connectivity index (χ1) is 14.2. The van der Waals surface area contributed by atoms with Gasteiger partial charge in [0.25, 0.3) is 0 Å². The van der Waals surface area contributed by atoms with Crippen molar-refractivity contribution in [3.05, 3.63) is 64.2 Å². The molecule has 0 aliphatic carbocycles. The van der Waals surface area contributed by atoms with Crippen LogP contribution in [0.2, 0.25) is 5.02 Å². The highest BCUT2D eigenvalue weighted by atomic mass is 35.5. The third kappa shape index (κ3) is 6.43. The number of carbonyl (C=O) groups is 1. The Labute approximate surface area is 180 Å². The highest BCUT2D eigenvalue weighted by molar-refractivity contribution is 6.32. The molecule has 5 nitrogen and oxygen atoms in total. The fraction of sp³-hybridized carbons (Fsp3) is 0.318. The minimum atomic E-state index is -0.942. The lowest BCUT2D eigenvalue weighted by molar-refractivity contribution is -0.126. The van der Waals surface area contributed by atoms with Crippen LogP contribution in [0, 0.1) is 11.6 Å². The number of hydrogen-bond acceptors (Lipinski definition) is 4. The maximum absolute atomic E-state index is 13.6. The topological polar surface area (TPSA) is 42.0 Å². The molecule has 0 heterocycles. The summed E-state index contributed by atoms with van der Waals surface area (Å²) in [7, 11) is 6.77. The van der Waals surface area contributed by atoms with Crippen molar-refractivity contribution < 1.29 is 23.0 Å². The number of rotatable bonds is 9. The molecule has 0 aliphatic heterocycles. The van der Waals surface area contributed by atoms with Crippen molar-refractivity contribution in [2.24, 2.45) is 0 Å². The molecule has 0 saturated heterocycles. The number of amides is 1. The SMILES string of the molecule is COc1cc(/C=C/C(=O)N(CCN(C)C)Cc2ccc(F)c(F)c2)cc(Cl)c1OC. The van der Waals surface area contributed by atoms with E-state index in [1.807, 2.05) is 19.0 Å². The smallest absolute Gasteiger partial charge is 0.246 e. The largest absolute Gasteiger partial charge is 0.493 e. The van der Waals surface area contributed by atoms with Crippen LogP contribution in [-0.2, 0) is 11.3 Å². The third-order valence-corrected chi connectivity index (χ3v) is 4.64. The number of ether oxygens (including phenoxy) is 2. The van der Waals surface area contributed by atoms with E-state index in [1.54, 1.807) is 23.1 Å². The molecule has 1 amide bonds. The van der Waals surface area contributed by atoms with Gasteiger partial charge in [0, 0.05) is 25.7 Å². The Hall–Kier alpha value is -2.64. The zero-order valence-electron chi connectivity index (χ0n) is 17.4. The van der Waals surface area contributed by atoms with Gasteiger partial charge in [-0.15, -0.1) is 0 Å². The van der Waals surface area contributed by atoms with E-state index >= 15 is 0 Å². The summed E-state index contributed by atoms with van der Waals surface area (Å²) in [6.07, 6.45) is 3.02. The number of nitrogens with zero attached hydrogens (tertiary/aromatic N) is 2. The molecule has 0 atom stereocenters. The average molecular weight is 439 g/mol. The molecule has 0 bridgehead atoms. The van der Waals surface area contributed by atoms with Gasteiger partial charge in [0.1, 0.15) is 0 Å². The Bertz CT molecular complexity index is 919. The van der Waals surface area contributed by atoms with Crippen molar-refractivity contribution in [2.75, 3.05) is 41.4 Å². The highest BCUT2D eigenvalue weighted by Gasteiger charge is 2.14. The van der Waals surface area contributed by atoms with Crippen LogP contribution in [0.3, 0.4) is 0 Å². The van der Waals surface area contributed by atoms with Crippen LogP contribution in [0.25, 0.3) is 6.08 Å². The van der Waals surface area contributed by atoms with E-state index in [-0.39, 0.29) is 12.5 Å². The third-order valence-electron chi connectivity index (χ3n) is 4.36. The van der Waals surface area contributed by atoms with Gasteiger partial charge in [-0.1, -0.05) is 17.7 Å². The number of benzene rings is 2. The van der Waals surface area contributed by atoms with Gasteiger partial charge in [0.15, 0.2) is 23.1 Å². The van der Waals surface area contributed by atoms with Gasteiger partial charge in [-0.3, -0.25) is 4.79 Å². The Morgan fingerprint density at radius 1 is 1.07 bits per heavy atom. The predicted octanol–water partition coefficient (Wildman–Crippen LogP) is 4.24. The van der Waals surface area contributed by atoms with E-state index in [4.69, 9.17) is 21.1 Å². The molecular formula is C22H25ClF2N2O3. The van der Waals surface area contributed by atoms with Crippen molar-refractivity contribution >= 4 is 23.6 Å². The summed E-state index contributed by atoms with van der Waals surface area (Å²) in [5.41, 5.74) is 1.16. The fourth-order valence-corrected chi connectivity index (χ4v) is 3.05. The first kappa shape index (κ1) is 23.6. The minimum Gasteiger partial charge on any atom is -0.493 e. The second kappa shape index (κ2) is 10.9. The summed E-state index contributed by atoms with van der Waals surface area (Å²) in [4.78, 5) is 16.3. The van der Waals surface area contributed by atoms with E-state index in [9.17, 15) is 13.6 Å². The molecule has 0 spiro atoms. The van der Waals surface area contributed by atoms with Gasteiger partial charge < -0.3 is 19.3 Å². The molecule has 0 unspecified atom stereocenters. The normalized spacial score (nSPS) is 11.2. The van der Waals surface area contributed by atoms with Crippen LogP contribution in [0.15, 0.2) is 36.4 Å². The van der Waals surface area contributed by atoms with Crippen molar-refractivity contribution in [3.8, 4) is 11.5 Å². The first-order valence-corrected chi connectivity index (χ1v) is 9.60. The molecule has 0 saturated carbocycles. The molecule has 2 rings (SSSR count). The zero-order chi connectivity index (χ0) is 22.3. The number of methoxy groups -OCH3 is 2. The molecule has 0 aliphatic rings. The lowest BCUT2D eigenvalue weighted by atomic mass is 10.1. The van der Waals surface area contributed by atoms with Crippen molar-refractivity contribution in [1.29, 1.82) is 0 Å². The van der Waals surface area contributed by atoms with Crippen LogP contribution >= 0.6 is 11.6 Å². The van der Waals surface area contributed by atoms with Crippen LogP contribution < -0.4 is 9.47 Å². The summed E-state index contributed by atoms with van der Waals surface area (Å²) in [5.74, 6) is -1.28. The van der Waals surface area contributed by atoms with Crippen LogP contribution in [0.4, 0.5) is 8.78 Å². The summed E-state index contributed by atoms with van der Waals surface area (Å²) < 4.78 is 37.2. The van der Waals surface area contributed by atoms with E-state index < -0.39 is 11.6 Å². The van der Waals surface area contributed by atoms with Gasteiger partial charge in [0.05, 0.1) is 19.2 Å². The standard InChI is InChI=1S/C22H25ClF2N2O3/c1-26(2)9-10-27(14-16-5-7-18(24)19(25)12-16)21(28)8-6-15-11-17(23)22(30-4)20(13-15)29-3/h5-8,11-13H,9-10,14H2,1-4H3/b8-6+. The predicted molar refractivity (Wildman–Crippen MR) is 114 cm³/mol. The van der Waals surface area contributed by atoms with Gasteiger partial charge in [-0.2, -0.15) is 0 Å². The molecule has 0 radical (unpaired) electrons. The maximum atomic E-state index is 13.6. The molecule has 8 heteroatoms. The molecule has 0 N–H and O–H groups in total. The zero-order valence-corrected chi connectivity index (χ0v) is 18.2. The molecule has 0 aromatic heterocycles. The summed E-state index contributed by atoms with van der Waals surface area (Å²) in [6.45, 7) is 1.19. The van der Waals surface area contributed by atoms with E-state index in [2.05, 4.69) is 0 Å². The minimum absolute atomic E-state index is 0.154. The van der Waals surface area contributed by atoms with Crippen LogP contribution in [-0.4, -0.2) is 57.1 Å². The van der Waals surface area contributed by atoms with Crippen LogP contribution in [0.1, 0.15) is 11.1 Å². The highest BCUT2D eigenvalue weighted by Crippen LogP contribution is 2.36. The number of likely N-dealkylation sites (N-methyl/N-ethyl adjacent to an activating group) is 1. The van der Waals surface area contributed by atoms with Gasteiger partial charge >= 0.3 is 0 Å². The quantitative estimate of drug-likeness (QED) is 0.549. The fourth-order valence-electron chi connectivity index (χ4n) is 2.75. The van der Waals surface area contributed by atoms with Crippen LogP contribution in [0.5, 0.6) is 11.5 Å². The van der Waals surface area contributed by atoms with Crippen molar-refractivity contribution in [2.45, 2.75) is 6.54 Å². The Kier molecular flexibility index (Phi) is 8.62. The molecule has 0 fully saturated rings. The summed E-state index contributed by atoms with van der Waals surface area (Å²) in [6, 6.07) is 6.98. The second-order valence-electron chi connectivity index (χ2n) is 6.88. The van der Waals surface area contributed by atoms with Gasteiger partial charge in [-0.25, -0.2) is 8.78 Å². The maximum Gasteiger partial charge on any atom is 0.246 e. The Balaban J connectivity index is 2.22. The van der Waals surface area contributed by atoms with Crippen molar-refractivity contribution in [3.63, 3.8) is 0 Å². The van der Waals surface area contributed by atoms with Gasteiger partial charge in [-0.05, 0) is 55.6 Å². The lowest BCUT2D eigenvalue weighted by Crippen LogP contribution is -2.35. The summed E-state index contributed by atoms with van der Waals surface area (Å²) >= 11 is 6.20. The number of halogens is 3. The first-order valence-electron chi connectivity index (χ1n) is 9.22. The Morgan fingerprint density at radius 3 is 2.40 bits per heavy atom. The lowest BCUT2D eigenvalue weighted by Gasteiger charge is -2.23. The van der Waals surface area contributed by atoms with E-state index in [0.717, 1.165) is 12.1 Å². The molecule has 2 aromatic carbocycles. The molecule has 2 aromatic rings. The Morgan fingerprint density at radius 2 is 1.80 bits per heavy atom.